The van der Waals surface area contributed by atoms with Gasteiger partial charge in [0, 0.05) is 57.2 Å². The number of anilines is 1. The molecule has 1 amide bonds. The Labute approximate surface area is 162 Å². The molecule has 0 unspecified atom stereocenters. The fourth-order valence-electron chi connectivity index (χ4n) is 3.67. The van der Waals surface area contributed by atoms with Crippen molar-refractivity contribution >= 4 is 11.6 Å². The first-order valence-electron chi connectivity index (χ1n) is 9.74. The average Bonchev–Trinajstić information content (AvgIpc) is 3.15. The summed E-state index contributed by atoms with van der Waals surface area (Å²) < 4.78 is 2.24. The Kier molecular flexibility index (Phi) is 6.50. The van der Waals surface area contributed by atoms with Gasteiger partial charge in [-0.15, -0.1) is 0 Å². The van der Waals surface area contributed by atoms with Crippen LogP contribution in [0.4, 0.5) is 5.69 Å². The van der Waals surface area contributed by atoms with Crippen molar-refractivity contribution in [2.75, 3.05) is 52.2 Å². The molecule has 1 aromatic heterocycles. The SMILES string of the molecule is CN(C)CCn1ccnc1[C@H]1CCCN(C(=O)CN(C)c2ccccc2)C1. The lowest BCUT2D eigenvalue weighted by molar-refractivity contribution is -0.130. The Morgan fingerprint density at radius 3 is 2.74 bits per heavy atom. The Morgan fingerprint density at radius 2 is 2.00 bits per heavy atom. The minimum absolute atomic E-state index is 0.192. The normalized spacial score (nSPS) is 17.3. The van der Waals surface area contributed by atoms with E-state index in [1.165, 1.54) is 0 Å². The van der Waals surface area contributed by atoms with Crippen molar-refractivity contribution in [1.82, 2.24) is 19.4 Å². The van der Waals surface area contributed by atoms with E-state index in [-0.39, 0.29) is 5.91 Å². The molecule has 6 nitrogen and oxygen atoms in total. The highest BCUT2D eigenvalue weighted by atomic mass is 16.2. The van der Waals surface area contributed by atoms with E-state index in [1.54, 1.807) is 0 Å². The van der Waals surface area contributed by atoms with Gasteiger partial charge in [-0.2, -0.15) is 0 Å². The van der Waals surface area contributed by atoms with Crippen LogP contribution in [-0.4, -0.2) is 72.6 Å². The average molecular weight is 370 g/mol. The third-order valence-electron chi connectivity index (χ3n) is 5.24. The van der Waals surface area contributed by atoms with E-state index in [0.717, 1.165) is 50.5 Å². The molecule has 6 heteroatoms. The molecule has 27 heavy (non-hydrogen) atoms. The third kappa shape index (κ3) is 5.10. The van der Waals surface area contributed by atoms with Crippen molar-refractivity contribution in [1.29, 1.82) is 0 Å². The maximum absolute atomic E-state index is 12.8. The molecule has 0 spiro atoms. The summed E-state index contributed by atoms with van der Waals surface area (Å²) >= 11 is 0. The second-order valence-corrected chi connectivity index (χ2v) is 7.65. The molecule has 0 radical (unpaired) electrons. The monoisotopic (exact) mass is 369 g/mol. The molecule has 146 valence electrons. The molecule has 1 aliphatic heterocycles. The summed E-state index contributed by atoms with van der Waals surface area (Å²) in [4.78, 5) is 23.7. The summed E-state index contributed by atoms with van der Waals surface area (Å²) in [5, 5.41) is 0. The molecule has 0 bridgehead atoms. The molecular formula is C21H31N5O. The number of nitrogens with zero attached hydrogens (tertiary/aromatic N) is 5. The van der Waals surface area contributed by atoms with Gasteiger partial charge in [-0.25, -0.2) is 4.98 Å². The molecule has 0 aliphatic carbocycles. The van der Waals surface area contributed by atoms with Crippen LogP contribution in [0.25, 0.3) is 0 Å². The number of benzene rings is 1. The lowest BCUT2D eigenvalue weighted by Gasteiger charge is -2.34. The smallest absolute Gasteiger partial charge is 0.242 e. The van der Waals surface area contributed by atoms with Gasteiger partial charge in [0.05, 0.1) is 6.54 Å². The van der Waals surface area contributed by atoms with E-state index in [2.05, 4.69) is 34.7 Å². The van der Waals surface area contributed by atoms with Crippen LogP contribution in [0.15, 0.2) is 42.7 Å². The molecule has 1 aliphatic rings. The largest absolute Gasteiger partial charge is 0.365 e. The Morgan fingerprint density at radius 1 is 1.22 bits per heavy atom. The third-order valence-corrected chi connectivity index (χ3v) is 5.24. The number of hydrogen-bond acceptors (Lipinski definition) is 4. The molecular weight excluding hydrogens is 338 g/mol. The summed E-state index contributed by atoms with van der Waals surface area (Å²) in [6.07, 6.45) is 6.07. The van der Waals surface area contributed by atoms with Gasteiger partial charge < -0.3 is 19.3 Å². The summed E-state index contributed by atoms with van der Waals surface area (Å²) in [6, 6.07) is 10.1. The van der Waals surface area contributed by atoms with Gasteiger partial charge in [-0.3, -0.25) is 4.79 Å². The van der Waals surface area contributed by atoms with Crippen molar-refractivity contribution < 1.29 is 4.79 Å². The number of piperidine rings is 1. The summed E-state index contributed by atoms with van der Waals surface area (Å²) in [5.41, 5.74) is 1.07. The molecule has 1 atom stereocenters. The molecule has 0 saturated carbocycles. The van der Waals surface area contributed by atoms with E-state index < -0.39 is 0 Å². The first-order chi connectivity index (χ1) is 13.0. The summed E-state index contributed by atoms with van der Waals surface area (Å²) in [5.74, 6) is 1.63. The van der Waals surface area contributed by atoms with E-state index in [1.807, 2.05) is 53.4 Å². The van der Waals surface area contributed by atoms with Gasteiger partial charge in [-0.1, -0.05) is 18.2 Å². The van der Waals surface area contributed by atoms with Crippen molar-refractivity contribution in [2.45, 2.75) is 25.3 Å². The molecule has 1 aromatic carbocycles. The van der Waals surface area contributed by atoms with Crippen LogP contribution < -0.4 is 4.90 Å². The molecule has 1 fully saturated rings. The minimum atomic E-state index is 0.192. The number of hydrogen-bond donors (Lipinski definition) is 0. The fraction of sp³-hybridized carbons (Fsp3) is 0.524. The summed E-state index contributed by atoms with van der Waals surface area (Å²) in [6.45, 7) is 3.94. The Hall–Kier alpha value is -2.34. The maximum atomic E-state index is 12.8. The van der Waals surface area contributed by atoms with E-state index >= 15 is 0 Å². The first kappa shape index (κ1) is 19.4. The number of likely N-dealkylation sites (tertiary alicyclic amines) is 1. The fourth-order valence-corrected chi connectivity index (χ4v) is 3.67. The quantitative estimate of drug-likeness (QED) is 0.751. The van der Waals surface area contributed by atoms with Crippen LogP contribution in [0.2, 0.25) is 0 Å². The van der Waals surface area contributed by atoms with Crippen LogP contribution in [0.1, 0.15) is 24.6 Å². The van der Waals surface area contributed by atoms with Crippen molar-refractivity contribution in [3.05, 3.63) is 48.5 Å². The second-order valence-electron chi connectivity index (χ2n) is 7.65. The van der Waals surface area contributed by atoms with E-state index in [4.69, 9.17) is 0 Å². The molecule has 3 rings (SSSR count). The lowest BCUT2D eigenvalue weighted by atomic mass is 9.97. The van der Waals surface area contributed by atoms with Gasteiger partial charge in [0.25, 0.3) is 0 Å². The molecule has 2 aromatic rings. The predicted molar refractivity (Wildman–Crippen MR) is 109 cm³/mol. The van der Waals surface area contributed by atoms with E-state index in [0.29, 0.717) is 12.5 Å². The number of rotatable bonds is 7. The van der Waals surface area contributed by atoms with Gasteiger partial charge in [0.2, 0.25) is 5.91 Å². The van der Waals surface area contributed by atoms with Crippen LogP contribution in [0.5, 0.6) is 0 Å². The lowest BCUT2D eigenvalue weighted by Crippen LogP contribution is -2.44. The van der Waals surface area contributed by atoms with E-state index in [9.17, 15) is 4.79 Å². The van der Waals surface area contributed by atoms with Gasteiger partial charge in [-0.05, 0) is 39.1 Å². The number of aromatic nitrogens is 2. The second kappa shape index (κ2) is 9.04. The number of imidazole rings is 1. The predicted octanol–water partition coefficient (Wildman–Crippen LogP) is 2.29. The van der Waals surface area contributed by atoms with Crippen LogP contribution in [-0.2, 0) is 11.3 Å². The van der Waals surface area contributed by atoms with Crippen molar-refractivity contribution in [3.8, 4) is 0 Å². The number of carbonyl (C=O) groups excluding carboxylic acids is 1. The highest BCUT2D eigenvalue weighted by Gasteiger charge is 2.27. The van der Waals surface area contributed by atoms with Crippen LogP contribution in [0.3, 0.4) is 0 Å². The zero-order chi connectivity index (χ0) is 19.2. The first-order valence-corrected chi connectivity index (χ1v) is 9.74. The van der Waals surface area contributed by atoms with Crippen LogP contribution in [0, 0.1) is 0 Å². The van der Waals surface area contributed by atoms with Gasteiger partial charge in [0.1, 0.15) is 5.82 Å². The molecule has 1 saturated heterocycles. The summed E-state index contributed by atoms with van der Waals surface area (Å²) in [7, 11) is 6.14. The maximum Gasteiger partial charge on any atom is 0.242 e. The zero-order valence-electron chi connectivity index (χ0n) is 16.7. The zero-order valence-corrected chi connectivity index (χ0v) is 16.7. The topological polar surface area (TPSA) is 44.6 Å². The highest BCUT2D eigenvalue weighted by Crippen LogP contribution is 2.26. The van der Waals surface area contributed by atoms with Gasteiger partial charge >= 0.3 is 0 Å². The van der Waals surface area contributed by atoms with Crippen LogP contribution >= 0.6 is 0 Å². The Balaban J connectivity index is 1.61. The molecule has 0 N–H and O–H groups in total. The number of likely N-dealkylation sites (N-methyl/N-ethyl adjacent to an activating group) is 2. The molecule has 2 heterocycles. The number of carbonyl (C=O) groups is 1. The Bertz CT molecular complexity index is 727. The highest BCUT2D eigenvalue weighted by molar-refractivity contribution is 5.81. The minimum Gasteiger partial charge on any atom is -0.365 e. The van der Waals surface area contributed by atoms with Crippen molar-refractivity contribution in [2.24, 2.45) is 0 Å². The number of amides is 1. The van der Waals surface area contributed by atoms with Gasteiger partial charge in [0.15, 0.2) is 0 Å². The van der Waals surface area contributed by atoms with Crippen molar-refractivity contribution in [3.63, 3.8) is 0 Å². The standard InChI is InChI=1S/C21H31N5O/c1-23(2)14-15-25-13-11-22-21(25)18-8-7-12-26(16-18)20(27)17-24(3)19-9-5-4-6-10-19/h4-6,9-11,13,18H,7-8,12,14-17H2,1-3H3/t18-/m0/s1. The number of para-hydroxylation sites is 1.